The van der Waals surface area contributed by atoms with Crippen LogP contribution in [-0.4, -0.2) is 9.55 Å². The molecule has 2 aromatic heterocycles. The van der Waals surface area contributed by atoms with Crippen molar-refractivity contribution in [2.45, 2.75) is 13.8 Å². The van der Waals surface area contributed by atoms with Crippen LogP contribution in [0.4, 0.5) is 0 Å². The molecule has 0 fully saturated rings. The Kier molecular flexibility index (Phi) is 5.90. The van der Waals surface area contributed by atoms with Crippen LogP contribution in [0.2, 0.25) is 0 Å². The van der Waals surface area contributed by atoms with Gasteiger partial charge in [0.1, 0.15) is 5.52 Å². The molecule has 0 aliphatic heterocycles. The fraction of sp³-hybridized carbons (Fsp3) is 0.0541. The summed E-state index contributed by atoms with van der Waals surface area (Å²) >= 11 is 0. The van der Waals surface area contributed by atoms with E-state index in [1.165, 1.54) is 33.6 Å². The SMILES string of the molecule is Cc1ccc(-c2ccc(-c3ccc(C)cc3)n2-c2ccc(-c3ccc(-c4nc5ccccc5o4)cc3)cc2)cc1. The normalized spacial score (nSPS) is 11.2. The highest BCUT2D eigenvalue weighted by molar-refractivity contribution is 5.77. The van der Waals surface area contributed by atoms with Crippen LogP contribution in [0.25, 0.3) is 61.9 Å². The maximum atomic E-state index is 5.95. The zero-order chi connectivity index (χ0) is 27.1. The minimum atomic E-state index is 0.642. The Hall–Kier alpha value is -5.15. The second-order valence-electron chi connectivity index (χ2n) is 10.3. The summed E-state index contributed by atoms with van der Waals surface area (Å²) in [7, 11) is 0. The van der Waals surface area contributed by atoms with E-state index in [0.717, 1.165) is 33.5 Å². The van der Waals surface area contributed by atoms with Crippen LogP contribution in [0, 0.1) is 13.8 Å². The summed E-state index contributed by atoms with van der Waals surface area (Å²) in [6.45, 7) is 4.25. The van der Waals surface area contributed by atoms with E-state index in [0.29, 0.717) is 5.89 Å². The first-order valence-electron chi connectivity index (χ1n) is 13.5. The fourth-order valence-corrected chi connectivity index (χ4v) is 5.22. The van der Waals surface area contributed by atoms with Gasteiger partial charge in [-0.1, -0.05) is 96.1 Å². The summed E-state index contributed by atoms with van der Waals surface area (Å²) in [4.78, 5) is 4.63. The zero-order valence-electron chi connectivity index (χ0n) is 22.5. The van der Waals surface area contributed by atoms with Crippen molar-refractivity contribution in [1.82, 2.24) is 9.55 Å². The molecule has 3 nitrogen and oxygen atoms in total. The van der Waals surface area contributed by atoms with Crippen molar-refractivity contribution in [1.29, 1.82) is 0 Å². The van der Waals surface area contributed by atoms with E-state index in [-0.39, 0.29) is 0 Å². The number of hydrogen-bond acceptors (Lipinski definition) is 2. The summed E-state index contributed by atoms with van der Waals surface area (Å²) in [5.41, 5.74) is 13.3. The first kappa shape index (κ1) is 23.9. The molecular formula is C37H28N2O. The number of fused-ring (bicyclic) bond motifs is 1. The minimum absolute atomic E-state index is 0.642. The average Bonchev–Trinajstić information content (AvgIpc) is 3.63. The van der Waals surface area contributed by atoms with Crippen molar-refractivity contribution in [3.63, 3.8) is 0 Å². The van der Waals surface area contributed by atoms with Crippen LogP contribution in [0.15, 0.2) is 138 Å². The van der Waals surface area contributed by atoms with Gasteiger partial charge < -0.3 is 8.98 Å². The first-order valence-corrected chi connectivity index (χ1v) is 13.5. The van der Waals surface area contributed by atoms with Crippen LogP contribution in [-0.2, 0) is 0 Å². The number of nitrogens with zero attached hydrogens (tertiary/aromatic N) is 2. The number of hydrogen-bond donors (Lipinski definition) is 0. The van der Waals surface area contributed by atoms with Crippen LogP contribution in [0.5, 0.6) is 0 Å². The lowest BCUT2D eigenvalue weighted by atomic mass is 10.0. The van der Waals surface area contributed by atoms with Crippen LogP contribution in [0.1, 0.15) is 11.1 Å². The molecule has 5 aromatic carbocycles. The molecule has 0 radical (unpaired) electrons. The van der Waals surface area contributed by atoms with Crippen LogP contribution >= 0.6 is 0 Å². The van der Waals surface area contributed by atoms with Gasteiger partial charge in [-0.05, 0) is 84.6 Å². The molecule has 0 saturated carbocycles. The van der Waals surface area contributed by atoms with Gasteiger partial charge in [-0.25, -0.2) is 4.98 Å². The maximum absolute atomic E-state index is 5.95. The van der Waals surface area contributed by atoms with Crippen molar-refractivity contribution >= 4 is 11.1 Å². The number of aryl methyl sites for hydroxylation is 2. The highest BCUT2D eigenvalue weighted by Crippen LogP contribution is 2.34. The molecule has 7 rings (SSSR count). The lowest BCUT2D eigenvalue weighted by Crippen LogP contribution is -1.99. The number of rotatable bonds is 5. The number of oxazole rings is 1. The third kappa shape index (κ3) is 4.42. The Morgan fingerprint density at radius 2 is 0.950 bits per heavy atom. The van der Waals surface area contributed by atoms with E-state index in [4.69, 9.17) is 4.42 Å². The lowest BCUT2D eigenvalue weighted by Gasteiger charge is -2.15. The van der Waals surface area contributed by atoms with E-state index < -0.39 is 0 Å². The molecule has 40 heavy (non-hydrogen) atoms. The van der Waals surface area contributed by atoms with E-state index in [1.807, 2.05) is 24.3 Å². The van der Waals surface area contributed by atoms with E-state index in [9.17, 15) is 0 Å². The summed E-state index contributed by atoms with van der Waals surface area (Å²) < 4.78 is 8.31. The minimum Gasteiger partial charge on any atom is -0.436 e. The largest absolute Gasteiger partial charge is 0.436 e. The number of aromatic nitrogens is 2. The van der Waals surface area contributed by atoms with Gasteiger partial charge in [0.15, 0.2) is 5.58 Å². The van der Waals surface area contributed by atoms with Gasteiger partial charge in [-0.15, -0.1) is 0 Å². The Morgan fingerprint density at radius 3 is 1.50 bits per heavy atom. The predicted molar refractivity (Wildman–Crippen MR) is 165 cm³/mol. The molecule has 0 spiro atoms. The van der Waals surface area contributed by atoms with Gasteiger partial charge in [-0.3, -0.25) is 0 Å². The van der Waals surface area contributed by atoms with E-state index in [2.05, 4.69) is 133 Å². The van der Waals surface area contributed by atoms with Crippen molar-refractivity contribution in [2.75, 3.05) is 0 Å². The van der Waals surface area contributed by atoms with Crippen molar-refractivity contribution in [3.8, 4) is 50.8 Å². The maximum Gasteiger partial charge on any atom is 0.227 e. The Morgan fingerprint density at radius 1 is 0.475 bits per heavy atom. The standard InChI is InChI=1S/C37H28N2O/c1-25-7-11-29(12-8-25)34-23-24-35(30-13-9-26(2)10-14-30)39(34)32-21-19-28(20-22-32)27-15-17-31(18-16-27)37-38-33-5-3-4-6-36(33)40-37/h3-24H,1-2H3. The topological polar surface area (TPSA) is 31.0 Å². The predicted octanol–water partition coefficient (Wildman–Crippen LogP) is 9.90. The molecular weight excluding hydrogens is 488 g/mol. The summed E-state index contributed by atoms with van der Waals surface area (Å²) in [5.74, 6) is 0.642. The number of benzene rings is 5. The van der Waals surface area contributed by atoms with Crippen LogP contribution in [0.3, 0.4) is 0 Å². The molecule has 0 N–H and O–H groups in total. The molecule has 0 aliphatic rings. The average molecular weight is 517 g/mol. The molecule has 3 heteroatoms. The molecule has 0 atom stereocenters. The highest BCUT2D eigenvalue weighted by Gasteiger charge is 2.14. The van der Waals surface area contributed by atoms with E-state index in [1.54, 1.807) is 0 Å². The van der Waals surface area contributed by atoms with Crippen molar-refractivity contribution < 1.29 is 4.42 Å². The number of para-hydroxylation sites is 2. The quantitative estimate of drug-likeness (QED) is 0.228. The van der Waals surface area contributed by atoms with Gasteiger partial charge in [-0.2, -0.15) is 0 Å². The summed E-state index contributed by atoms with van der Waals surface area (Å²) in [6, 6.07) is 47.0. The van der Waals surface area contributed by atoms with Gasteiger partial charge in [0.25, 0.3) is 0 Å². The monoisotopic (exact) mass is 516 g/mol. The Bertz CT molecular complexity index is 1830. The summed E-state index contributed by atoms with van der Waals surface area (Å²) in [6.07, 6.45) is 0. The third-order valence-corrected chi connectivity index (χ3v) is 7.46. The van der Waals surface area contributed by atoms with Crippen molar-refractivity contribution in [3.05, 3.63) is 145 Å². The highest BCUT2D eigenvalue weighted by atomic mass is 16.3. The van der Waals surface area contributed by atoms with Gasteiger partial charge >= 0.3 is 0 Å². The van der Waals surface area contributed by atoms with Crippen LogP contribution < -0.4 is 0 Å². The summed E-state index contributed by atoms with van der Waals surface area (Å²) in [5, 5.41) is 0. The molecule has 0 unspecified atom stereocenters. The smallest absolute Gasteiger partial charge is 0.227 e. The van der Waals surface area contributed by atoms with Gasteiger partial charge in [0.05, 0.1) is 11.4 Å². The first-order chi connectivity index (χ1) is 19.6. The molecule has 192 valence electrons. The van der Waals surface area contributed by atoms with Crippen molar-refractivity contribution in [2.24, 2.45) is 0 Å². The zero-order valence-corrected chi connectivity index (χ0v) is 22.5. The Balaban J connectivity index is 1.24. The molecule has 0 bridgehead atoms. The molecule has 2 heterocycles. The molecule has 7 aromatic rings. The molecule has 0 aliphatic carbocycles. The van der Waals surface area contributed by atoms with Gasteiger partial charge in [0.2, 0.25) is 5.89 Å². The van der Waals surface area contributed by atoms with E-state index >= 15 is 0 Å². The molecule has 0 saturated heterocycles. The second kappa shape index (κ2) is 9.87. The molecule has 0 amide bonds. The fourth-order valence-electron chi connectivity index (χ4n) is 5.22. The van der Waals surface area contributed by atoms with Gasteiger partial charge in [0, 0.05) is 11.3 Å². The Labute approximate surface area is 234 Å². The second-order valence-corrected chi connectivity index (χ2v) is 10.3. The lowest BCUT2D eigenvalue weighted by molar-refractivity contribution is 0.620. The third-order valence-electron chi connectivity index (χ3n) is 7.46.